The SMILES string of the molecule is NCC1(S)CCCNC1. The van der Waals surface area contributed by atoms with Gasteiger partial charge >= 0.3 is 0 Å². The van der Waals surface area contributed by atoms with Gasteiger partial charge in [0.15, 0.2) is 0 Å². The molecule has 1 atom stereocenters. The molecule has 0 saturated carbocycles. The number of nitrogens with two attached hydrogens (primary N) is 1. The van der Waals surface area contributed by atoms with Gasteiger partial charge in [-0.3, -0.25) is 0 Å². The van der Waals surface area contributed by atoms with Gasteiger partial charge < -0.3 is 11.1 Å². The first-order valence-electron chi connectivity index (χ1n) is 3.40. The van der Waals surface area contributed by atoms with E-state index < -0.39 is 0 Å². The van der Waals surface area contributed by atoms with E-state index in [1.165, 1.54) is 6.42 Å². The van der Waals surface area contributed by atoms with Gasteiger partial charge in [-0.05, 0) is 19.4 Å². The smallest absolute Gasteiger partial charge is 0.0376 e. The van der Waals surface area contributed by atoms with Gasteiger partial charge in [0.05, 0.1) is 0 Å². The van der Waals surface area contributed by atoms with E-state index in [-0.39, 0.29) is 4.75 Å². The van der Waals surface area contributed by atoms with Crippen molar-refractivity contribution in [2.45, 2.75) is 17.6 Å². The van der Waals surface area contributed by atoms with E-state index in [9.17, 15) is 0 Å². The molecule has 0 aromatic heterocycles. The normalized spacial score (nSPS) is 36.7. The molecule has 3 N–H and O–H groups in total. The molecule has 0 spiro atoms. The number of hydrogen-bond donors (Lipinski definition) is 3. The summed E-state index contributed by atoms with van der Waals surface area (Å²) in [7, 11) is 0. The molecule has 0 aromatic carbocycles. The van der Waals surface area contributed by atoms with E-state index in [1.807, 2.05) is 0 Å². The van der Waals surface area contributed by atoms with Crippen LogP contribution in [0.15, 0.2) is 0 Å². The predicted molar refractivity (Wildman–Crippen MR) is 42.9 cm³/mol. The predicted octanol–water partition coefficient (Wildman–Crippen LogP) is -0.00290. The summed E-state index contributed by atoms with van der Waals surface area (Å²) in [4.78, 5) is 0. The molecule has 1 heterocycles. The Morgan fingerprint density at radius 1 is 1.67 bits per heavy atom. The first-order valence-corrected chi connectivity index (χ1v) is 3.85. The molecular formula is C6H14N2S. The lowest BCUT2D eigenvalue weighted by Crippen LogP contribution is -2.46. The second-order valence-electron chi connectivity index (χ2n) is 2.71. The Morgan fingerprint density at radius 2 is 2.44 bits per heavy atom. The molecule has 2 nitrogen and oxygen atoms in total. The van der Waals surface area contributed by atoms with Gasteiger partial charge in [0, 0.05) is 17.8 Å². The maximum Gasteiger partial charge on any atom is 0.0376 e. The van der Waals surface area contributed by atoms with Crippen LogP contribution in [0.5, 0.6) is 0 Å². The van der Waals surface area contributed by atoms with Crippen LogP contribution in [0.2, 0.25) is 0 Å². The molecule has 1 fully saturated rings. The Labute approximate surface area is 61.6 Å². The third kappa shape index (κ3) is 1.85. The first-order chi connectivity index (χ1) is 4.27. The van der Waals surface area contributed by atoms with Crippen molar-refractivity contribution in [3.8, 4) is 0 Å². The van der Waals surface area contributed by atoms with Gasteiger partial charge in [0.2, 0.25) is 0 Å². The summed E-state index contributed by atoms with van der Waals surface area (Å²) in [6.07, 6.45) is 2.36. The van der Waals surface area contributed by atoms with E-state index in [2.05, 4.69) is 17.9 Å². The van der Waals surface area contributed by atoms with Crippen molar-refractivity contribution in [3.05, 3.63) is 0 Å². The van der Waals surface area contributed by atoms with Crippen LogP contribution >= 0.6 is 12.6 Å². The van der Waals surface area contributed by atoms with Gasteiger partial charge in [-0.15, -0.1) is 0 Å². The molecule has 0 bridgehead atoms. The zero-order chi connectivity index (χ0) is 6.74. The average molecular weight is 146 g/mol. The van der Waals surface area contributed by atoms with Gasteiger partial charge in [0.1, 0.15) is 0 Å². The highest BCUT2D eigenvalue weighted by Crippen LogP contribution is 2.21. The van der Waals surface area contributed by atoms with Crippen molar-refractivity contribution >= 4 is 12.6 Å². The quantitative estimate of drug-likeness (QED) is 0.455. The number of thiol groups is 1. The summed E-state index contributed by atoms with van der Waals surface area (Å²) in [5, 5.41) is 3.27. The van der Waals surface area contributed by atoms with Crippen molar-refractivity contribution in [2.75, 3.05) is 19.6 Å². The molecular weight excluding hydrogens is 132 g/mol. The number of nitrogens with one attached hydrogen (secondary N) is 1. The Kier molecular flexibility index (Phi) is 2.38. The van der Waals surface area contributed by atoms with Crippen LogP contribution in [-0.4, -0.2) is 24.4 Å². The molecule has 0 aliphatic carbocycles. The van der Waals surface area contributed by atoms with Gasteiger partial charge in [0.25, 0.3) is 0 Å². The summed E-state index contributed by atoms with van der Waals surface area (Å²) in [6.45, 7) is 2.78. The van der Waals surface area contributed by atoms with Gasteiger partial charge in [-0.1, -0.05) is 0 Å². The maximum absolute atomic E-state index is 5.52. The third-order valence-corrected chi connectivity index (χ3v) is 2.39. The second kappa shape index (κ2) is 2.90. The standard InChI is InChI=1S/C6H14N2S/c7-4-6(9)2-1-3-8-5-6/h8-9H,1-5,7H2. The van der Waals surface area contributed by atoms with Crippen molar-refractivity contribution in [3.63, 3.8) is 0 Å². The van der Waals surface area contributed by atoms with Crippen LogP contribution in [-0.2, 0) is 0 Å². The minimum Gasteiger partial charge on any atom is -0.329 e. The molecule has 1 saturated heterocycles. The fourth-order valence-corrected chi connectivity index (χ4v) is 1.40. The highest BCUT2D eigenvalue weighted by atomic mass is 32.1. The van der Waals surface area contributed by atoms with Crippen LogP contribution in [0.1, 0.15) is 12.8 Å². The van der Waals surface area contributed by atoms with Crippen LogP contribution < -0.4 is 11.1 Å². The molecule has 1 unspecified atom stereocenters. The van der Waals surface area contributed by atoms with Gasteiger partial charge in [-0.25, -0.2) is 0 Å². The Morgan fingerprint density at radius 3 is 2.78 bits per heavy atom. The summed E-state index contributed by atoms with van der Waals surface area (Å²) in [6, 6.07) is 0. The molecule has 0 amide bonds. The van der Waals surface area contributed by atoms with Crippen LogP contribution in [0.25, 0.3) is 0 Å². The topological polar surface area (TPSA) is 38.0 Å². The van der Waals surface area contributed by atoms with Gasteiger partial charge in [-0.2, -0.15) is 12.6 Å². The van der Waals surface area contributed by atoms with Crippen molar-refractivity contribution < 1.29 is 0 Å². The molecule has 1 rings (SSSR count). The van der Waals surface area contributed by atoms with Crippen molar-refractivity contribution in [2.24, 2.45) is 5.73 Å². The molecule has 0 radical (unpaired) electrons. The third-order valence-electron chi connectivity index (χ3n) is 1.83. The molecule has 1 aliphatic rings. The summed E-state index contributed by atoms with van der Waals surface area (Å²) >= 11 is 4.46. The lowest BCUT2D eigenvalue weighted by atomic mass is 9.99. The highest BCUT2D eigenvalue weighted by molar-refractivity contribution is 7.81. The largest absolute Gasteiger partial charge is 0.329 e. The Bertz CT molecular complexity index is 89.1. The Hall–Kier alpha value is 0.270. The summed E-state index contributed by atoms with van der Waals surface area (Å²) < 4.78 is 0.0816. The average Bonchev–Trinajstić information content (AvgIpc) is 1.90. The van der Waals surface area contributed by atoms with E-state index in [0.29, 0.717) is 6.54 Å². The fraction of sp³-hybridized carbons (Fsp3) is 1.00. The number of piperidine rings is 1. The molecule has 54 valence electrons. The number of hydrogen-bond acceptors (Lipinski definition) is 3. The summed E-state index contributed by atoms with van der Waals surface area (Å²) in [5.74, 6) is 0. The zero-order valence-corrected chi connectivity index (χ0v) is 6.45. The lowest BCUT2D eigenvalue weighted by Gasteiger charge is -2.31. The highest BCUT2D eigenvalue weighted by Gasteiger charge is 2.25. The second-order valence-corrected chi connectivity index (χ2v) is 3.66. The van der Waals surface area contributed by atoms with E-state index in [4.69, 9.17) is 5.73 Å². The molecule has 9 heavy (non-hydrogen) atoms. The molecule has 3 heteroatoms. The minimum atomic E-state index is 0.0816. The minimum absolute atomic E-state index is 0.0816. The number of rotatable bonds is 1. The van der Waals surface area contributed by atoms with E-state index >= 15 is 0 Å². The van der Waals surface area contributed by atoms with Crippen LogP contribution in [0, 0.1) is 0 Å². The summed E-state index contributed by atoms with van der Waals surface area (Å²) in [5.41, 5.74) is 5.52. The molecule has 1 aliphatic heterocycles. The van der Waals surface area contributed by atoms with Crippen LogP contribution in [0.4, 0.5) is 0 Å². The monoisotopic (exact) mass is 146 g/mol. The zero-order valence-electron chi connectivity index (χ0n) is 5.56. The van der Waals surface area contributed by atoms with Crippen molar-refractivity contribution in [1.29, 1.82) is 0 Å². The van der Waals surface area contributed by atoms with E-state index in [1.54, 1.807) is 0 Å². The van der Waals surface area contributed by atoms with E-state index in [0.717, 1.165) is 19.5 Å². The van der Waals surface area contributed by atoms with Crippen molar-refractivity contribution in [1.82, 2.24) is 5.32 Å². The lowest BCUT2D eigenvalue weighted by molar-refractivity contribution is 0.425. The van der Waals surface area contributed by atoms with Crippen LogP contribution in [0.3, 0.4) is 0 Å². The fourth-order valence-electron chi connectivity index (χ4n) is 1.13. The maximum atomic E-state index is 5.52. The first kappa shape index (κ1) is 7.38. The molecule has 0 aromatic rings. The Balaban J connectivity index is 2.37.